The maximum absolute atomic E-state index is 13.2. The van der Waals surface area contributed by atoms with E-state index in [-0.39, 0.29) is 18.9 Å². The van der Waals surface area contributed by atoms with Gasteiger partial charge in [0, 0.05) is 19.3 Å². The molecule has 154 valence electrons. The van der Waals surface area contributed by atoms with E-state index in [0.29, 0.717) is 0 Å². The van der Waals surface area contributed by atoms with E-state index in [0.717, 1.165) is 32.4 Å². The fraction of sp³-hybridized carbons (Fsp3) is 0.765. The van der Waals surface area contributed by atoms with Gasteiger partial charge in [-0.2, -0.15) is 0 Å². The maximum Gasteiger partial charge on any atom is 0.332 e. The van der Waals surface area contributed by atoms with Crippen LogP contribution in [0.2, 0.25) is 0 Å². The van der Waals surface area contributed by atoms with Crippen LogP contribution in [0.25, 0.3) is 0 Å². The SMILES string of the molecule is CC(OC(=O)[C@@H]1N2C(=O)C[C@@H]2S(=O)(=O)[C@]1(C)Cn1ccnn1)N1CCCCC1. The first-order valence-corrected chi connectivity index (χ1v) is 11.1. The summed E-state index contributed by atoms with van der Waals surface area (Å²) in [6.45, 7) is 4.87. The second-order valence-corrected chi connectivity index (χ2v) is 10.5. The minimum Gasteiger partial charge on any atom is -0.445 e. The Balaban J connectivity index is 1.61. The first kappa shape index (κ1) is 19.3. The van der Waals surface area contributed by atoms with Gasteiger partial charge in [0.15, 0.2) is 22.1 Å². The van der Waals surface area contributed by atoms with Crippen molar-refractivity contribution in [2.75, 3.05) is 13.1 Å². The lowest BCUT2D eigenvalue weighted by Gasteiger charge is -2.38. The van der Waals surface area contributed by atoms with Crippen molar-refractivity contribution >= 4 is 21.7 Å². The predicted molar refractivity (Wildman–Crippen MR) is 97.4 cm³/mol. The van der Waals surface area contributed by atoms with E-state index in [1.54, 1.807) is 6.92 Å². The number of esters is 1. The van der Waals surface area contributed by atoms with Crippen LogP contribution in [-0.2, 0) is 30.7 Å². The Morgan fingerprint density at radius 2 is 2.07 bits per heavy atom. The lowest BCUT2D eigenvalue weighted by molar-refractivity contribution is -0.172. The second kappa shape index (κ2) is 6.80. The largest absolute Gasteiger partial charge is 0.445 e. The Bertz CT molecular complexity index is 867. The number of hydrogen-bond acceptors (Lipinski definition) is 8. The third kappa shape index (κ3) is 2.83. The fourth-order valence-electron chi connectivity index (χ4n) is 4.50. The molecule has 0 bridgehead atoms. The molecule has 10 nitrogen and oxygen atoms in total. The highest BCUT2D eigenvalue weighted by Gasteiger charge is 2.70. The number of β-lactam (4-membered cyclic amide) rings is 1. The van der Waals surface area contributed by atoms with E-state index in [1.165, 1.54) is 28.9 Å². The van der Waals surface area contributed by atoms with Crippen molar-refractivity contribution in [2.45, 2.75) is 68.5 Å². The molecule has 1 aromatic rings. The Labute approximate surface area is 163 Å². The van der Waals surface area contributed by atoms with Crippen LogP contribution in [0, 0.1) is 0 Å². The number of nitrogens with zero attached hydrogens (tertiary/aromatic N) is 5. The Morgan fingerprint density at radius 1 is 1.36 bits per heavy atom. The van der Waals surface area contributed by atoms with Crippen LogP contribution in [-0.4, -0.2) is 80.6 Å². The van der Waals surface area contributed by atoms with Crippen molar-refractivity contribution in [3.05, 3.63) is 12.4 Å². The smallest absolute Gasteiger partial charge is 0.332 e. The van der Waals surface area contributed by atoms with Gasteiger partial charge in [-0.25, -0.2) is 13.2 Å². The van der Waals surface area contributed by atoms with E-state index < -0.39 is 38.2 Å². The highest BCUT2D eigenvalue weighted by atomic mass is 32.2. The summed E-state index contributed by atoms with van der Waals surface area (Å²) < 4.78 is 31.9. The van der Waals surface area contributed by atoms with Crippen LogP contribution in [0.5, 0.6) is 0 Å². The number of piperidine rings is 1. The van der Waals surface area contributed by atoms with Crippen molar-refractivity contribution in [1.29, 1.82) is 0 Å². The molecule has 1 unspecified atom stereocenters. The number of carbonyl (C=O) groups is 2. The predicted octanol–water partition coefficient (Wildman–Crippen LogP) is -0.233. The number of amides is 1. The number of likely N-dealkylation sites (tertiary alicyclic amines) is 1. The molecule has 4 heterocycles. The number of ether oxygens (including phenoxy) is 1. The van der Waals surface area contributed by atoms with Gasteiger partial charge in [-0.1, -0.05) is 11.6 Å². The van der Waals surface area contributed by atoms with E-state index in [9.17, 15) is 18.0 Å². The molecule has 3 fully saturated rings. The maximum atomic E-state index is 13.2. The van der Waals surface area contributed by atoms with Crippen LogP contribution in [0.1, 0.15) is 39.5 Å². The summed E-state index contributed by atoms with van der Waals surface area (Å²) in [5, 5.41) is 6.58. The second-order valence-electron chi connectivity index (χ2n) is 7.95. The fourth-order valence-corrected chi connectivity index (χ4v) is 6.85. The molecule has 0 spiro atoms. The van der Waals surface area contributed by atoms with E-state index in [4.69, 9.17) is 4.74 Å². The summed E-state index contributed by atoms with van der Waals surface area (Å²) in [6.07, 6.45) is 5.64. The third-order valence-corrected chi connectivity index (χ3v) is 8.94. The van der Waals surface area contributed by atoms with Crippen molar-refractivity contribution in [3.8, 4) is 0 Å². The monoisotopic (exact) mass is 411 g/mol. The van der Waals surface area contributed by atoms with Gasteiger partial charge in [-0.3, -0.25) is 14.4 Å². The summed E-state index contributed by atoms with van der Waals surface area (Å²) >= 11 is 0. The molecule has 0 radical (unpaired) electrons. The lowest BCUT2D eigenvalue weighted by atomic mass is 9.96. The van der Waals surface area contributed by atoms with Crippen LogP contribution < -0.4 is 0 Å². The van der Waals surface area contributed by atoms with Crippen molar-refractivity contribution in [2.24, 2.45) is 0 Å². The summed E-state index contributed by atoms with van der Waals surface area (Å²) in [6, 6.07) is -1.19. The van der Waals surface area contributed by atoms with Gasteiger partial charge in [-0.05, 0) is 26.7 Å². The quantitative estimate of drug-likeness (QED) is 0.482. The number of fused-ring (bicyclic) bond motifs is 1. The summed E-state index contributed by atoms with van der Waals surface area (Å²) in [5.74, 6) is -1.02. The van der Waals surface area contributed by atoms with Gasteiger partial charge in [0.05, 0.1) is 19.2 Å². The van der Waals surface area contributed by atoms with Crippen LogP contribution in [0.4, 0.5) is 0 Å². The zero-order valence-electron chi connectivity index (χ0n) is 16.0. The van der Waals surface area contributed by atoms with Gasteiger partial charge in [0.1, 0.15) is 10.1 Å². The molecule has 3 aliphatic rings. The molecule has 0 N–H and O–H groups in total. The highest BCUT2D eigenvalue weighted by molar-refractivity contribution is 7.93. The Hall–Kier alpha value is -2.01. The first-order chi connectivity index (χ1) is 13.3. The van der Waals surface area contributed by atoms with E-state index in [2.05, 4.69) is 15.2 Å². The first-order valence-electron chi connectivity index (χ1n) is 9.59. The minimum absolute atomic E-state index is 0.0759. The van der Waals surface area contributed by atoms with Crippen LogP contribution >= 0.6 is 0 Å². The third-order valence-electron chi connectivity index (χ3n) is 6.17. The molecule has 0 aliphatic carbocycles. The molecule has 0 aromatic carbocycles. The standard InChI is InChI=1S/C17H25N5O5S/c1-12(20-7-4-3-5-8-20)27-16(24)15-17(2,11-21-9-6-18-19-21)28(25,26)14-10-13(23)22(14)15/h6,9,12,14-15H,3-5,7-8,10-11H2,1-2H3/t12?,14-,15-,17+/m0/s1. The molecular weight excluding hydrogens is 386 g/mol. The van der Waals surface area contributed by atoms with Crippen molar-refractivity contribution in [3.63, 3.8) is 0 Å². The number of aromatic nitrogens is 3. The van der Waals surface area contributed by atoms with Crippen LogP contribution in [0.3, 0.4) is 0 Å². The average molecular weight is 411 g/mol. The lowest BCUT2D eigenvalue weighted by Crippen LogP contribution is -2.59. The topological polar surface area (TPSA) is 115 Å². The molecular formula is C17H25N5O5S. The van der Waals surface area contributed by atoms with Crippen molar-refractivity contribution < 1.29 is 22.7 Å². The Kier molecular flexibility index (Phi) is 4.69. The Morgan fingerprint density at radius 3 is 2.68 bits per heavy atom. The molecule has 11 heteroatoms. The summed E-state index contributed by atoms with van der Waals surface area (Å²) in [5.41, 5.74) is 0. The molecule has 28 heavy (non-hydrogen) atoms. The highest BCUT2D eigenvalue weighted by Crippen LogP contribution is 2.47. The molecule has 3 saturated heterocycles. The molecule has 4 rings (SSSR count). The van der Waals surface area contributed by atoms with Gasteiger partial charge in [-0.15, -0.1) is 5.10 Å². The number of carbonyl (C=O) groups excluding carboxylic acids is 2. The normalized spacial score (nSPS) is 33.2. The van der Waals surface area contributed by atoms with Gasteiger partial charge in [0.2, 0.25) is 5.91 Å². The minimum atomic E-state index is -3.79. The zero-order valence-corrected chi connectivity index (χ0v) is 16.8. The van der Waals surface area contributed by atoms with Gasteiger partial charge >= 0.3 is 5.97 Å². The summed E-state index contributed by atoms with van der Waals surface area (Å²) in [7, 11) is -3.79. The molecule has 0 saturated carbocycles. The van der Waals surface area contributed by atoms with E-state index >= 15 is 0 Å². The van der Waals surface area contributed by atoms with Gasteiger partial charge in [0.25, 0.3) is 0 Å². The van der Waals surface area contributed by atoms with Crippen LogP contribution in [0.15, 0.2) is 12.4 Å². The zero-order chi connectivity index (χ0) is 20.1. The number of rotatable bonds is 5. The van der Waals surface area contributed by atoms with E-state index in [1.807, 2.05) is 0 Å². The molecule has 3 aliphatic heterocycles. The average Bonchev–Trinajstić information content (AvgIpc) is 3.20. The molecule has 1 amide bonds. The summed E-state index contributed by atoms with van der Waals surface area (Å²) in [4.78, 5) is 28.6. The van der Waals surface area contributed by atoms with Crippen molar-refractivity contribution in [1.82, 2.24) is 24.8 Å². The van der Waals surface area contributed by atoms with Gasteiger partial charge < -0.3 is 9.64 Å². The molecule has 4 atom stereocenters. The molecule has 1 aromatic heterocycles. The number of sulfone groups is 1. The number of hydrogen-bond donors (Lipinski definition) is 0.